The number of anilines is 1. The first-order chi connectivity index (χ1) is 15.5. The summed E-state index contributed by atoms with van der Waals surface area (Å²) in [6.07, 6.45) is 6.63. The summed E-state index contributed by atoms with van der Waals surface area (Å²) >= 11 is 0. The van der Waals surface area contributed by atoms with Gasteiger partial charge in [0.15, 0.2) is 0 Å². The van der Waals surface area contributed by atoms with Crippen molar-refractivity contribution >= 4 is 17.5 Å². The lowest BCUT2D eigenvalue weighted by atomic mass is 9.79. The molecule has 1 aliphatic carbocycles. The molecule has 1 N–H and O–H groups in total. The molecule has 0 spiro atoms. The molecule has 32 heavy (non-hydrogen) atoms. The number of hydrogen-bond acceptors (Lipinski definition) is 3. The van der Waals surface area contributed by atoms with Gasteiger partial charge in [-0.2, -0.15) is 0 Å². The van der Waals surface area contributed by atoms with Crippen molar-refractivity contribution in [2.75, 3.05) is 18.4 Å². The molecular weight excluding hydrogens is 402 g/mol. The number of piperidine rings is 1. The van der Waals surface area contributed by atoms with E-state index in [4.69, 9.17) is 0 Å². The van der Waals surface area contributed by atoms with E-state index in [2.05, 4.69) is 10.2 Å². The number of aromatic nitrogens is 1. The molecule has 2 fully saturated rings. The predicted molar refractivity (Wildman–Crippen MR) is 124 cm³/mol. The van der Waals surface area contributed by atoms with Gasteiger partial charge in [-0.3, -0.25) is 14.4 Å². The van der Waals surface area contributed by atoms with Crippen LogP contribution in [0, 0.1) is 11.8 Å². The van der Waals surface area contributed by atoms with Gasteiger partial charge in [0.05, 0.1) is 0 Å². The van der Waals surface area contributed by atoms with Crippen LogP contribution in [0.1, 0.15) is 57.1 Å². The fraction of sp³-hybridized carbons (Fsp3) is 0.500. The Morgan fingerprint density at radius 3 is 2.41 bits per heavy atom. The van der Waals surface area contributed by atoms with E-state index in [0.717, 1.165) is 61.2 Å². The van der Waals surface area contributed by atoms with Crippen molar-refractivity contribution in [1.29, 1.82) is 0 Å². The van der Waals surface area contributed by atoms with Crippen LogP contribution >= 0.6 is 0 Å². The largest absolute Gasteiger partial charge is 0.341 e. The van der Waals surface area contributed by atoms with Crippen LogP contribution in [0.15, 0.2) is 41.2 Å². The lowest BCUT2D eigenvalue weighted by Crippen LogP contribution is -2.51. The molecule has 1 saturated carbocycles. The maximum atomic E-state index is 13.3. The van der Waals surface area contributed by atoms with E-state index in [1.807, 2.05) is 34.9 Å². The molecule has 6 nitrogen and oxygen atoms in total. The Labute approximate surface area is 188 Å². The summed E-state index contributed by atoms with van der Waals surface area (Å²) < 4.78 is 1.94. The van der Waals surface area contributed by atoms with Crippen molar-refractivity contribution in [1.82, 2.24) is 9.47 Å². The standard InChI is InChI=1S/C26H31N3O3/c1-17(30)27-22-9-7-19(8-10-22)23-11-12-24(31)29-15-18-13-21(25(23)29)16-28(14-18)26(32)20-5-3-2-4-6-20/h7-12,18,20-21H,2-6,13-16H2,1H3,(H,27,30)/t18-,21+/m0/s1. The van der Waals surface area contributed by atoms with Crippen LogP contribution in [0.5, 0.6) is 0 Å². The number of likely N-dealkylation sites (tertiary alicyclic amines) is 1. The normalized spacial score (nSPS) is 22.8. The van der Waals surface area contributed by atoms with Gasteiger partial charge in [-0.25, -0.2) is 0 Å². The third-order valence-electron chi connectivity index (χ3n) is 7.37. The number of benzene rings is 1. The lowest BCUT2D eigenvalue weighted by molar-refractivity contribution is -0.139. The van der Waals surface area contributed by atoms with E-state index in [9.17, 15) is 14.4 Å². The topological polar surface area (TPSA) is 71.4 Å². The van der Waals surface area contributed by atoms with Crippen LogP contribution in [0.4, 0.5) is 5.69 Å². The first kappa shape index (κ1) is 21.0. The first-order valence-corrected chi connectivity index (χ1v) is 11.9. The third-order valence-corrected chi connectivity index (χ3v) is 7.37. The van der Waals surface area contributed by atoms with E-state index in [0.29, 0.717) is 24.9 Å². The average molecular weight is 434 g/mol. The number of carbonyl (C=O) groups excluding carboxylic acids is 2. The first-order valence-electron chi connectivity index (χ1n) is 11.9. The van der Waals surface area contributed by atoms with Crippen LogP contribution in [-0.4, -0.2) is 34.4 Å². The van der Waals surface area contributed by atoms with Crippen LogP contribution < -0.4 is 10.9 Å². The van der Waals surface area contributed by atoms with Crippen molar-refractivity contribution in [3.63, 3.8) is 0 Å². The summed E-state index contributed by atoms with van der Waals surface area (Å²) in [5, 5.41) is 2.80. The highest BCUT2D eigenvalue weighted by molar-refractivity contribution is 5.89. The number of nitrogens with one attached hydrogen (secondary N) is 1. The zero-order valence-corrected chi connectivity index (χ0v) is 18.7. The molecule has 168 valence electrons. The number of nitrogens with zero attached hydrogens (tertiary/aromatic N) is 2. The maximum Gasteiger partial charge on any atom is 0.250 e. The van der Waals surface area contributed by atoms with Crippen molar-refractivity contribution in [3.05, 3.63) is 52.4 Å². The summed E-state index contributed by atoms with van der Waals surface area (Å²) in [4.78, 5) is 39.4. The fourth-order valence-electron chi connectivity index (χ4n) is 5.98. The Morgan fingerprint density at radius 1 is 0.938 bits per heavy atom. The highest BCUT2D eigenvalue weighted by Crippen LogP contribution is 2.41. The zero-order valence-electron chi connectivity index (χ0n) is 18.7. The second-order valence-electron chi connectivity index (χ2n) is 9.72. The molecule has 2 amide bonds. The van der Waals surface area contributed by atoms with Gasteiger partial charge in [-0.1, -0.05) is 31.4 Å². The highest BCUT2D eigenvalue weighted by atomic mass is 16.2. The Bertz CT molecular complexity index is 1080. The van der Waals surface area contributed by atoms with Gasteiger partial charge >= 0.3 is 0 Å². The number of rotatable bonds is 3. The molecule has 2 aromatic rings. The fourth-order valence-corrected chi connectivity index (χ4v) is 5.98. The maximum absolute atomic E-state index is 13.3. The number of hydrogen-bond donors (Lipinski definition) is 1. The quantitative estimate of drug-likeness (QED) is 0.795. The molecule has 0 radical (unpaired) electrons. The van der Waals surface area contributed by atoms with E-state index in [-0.39, 0.29) is 23.3 Å². The van der Waals surface area contributed by atoms with Crippen LogP contribution in [0.2, 0.25) is 0 Å². The molecule has 6 heteroatoms. The van der Waals surface area contributed by atoms with Crippen LogP contribution in [0.25, 0.3) is 11.1 Å². The van der Waals surface area contributed by atoms with E-state index in [1.165, 1.54) is 13.3 Å². The molecule has 2 bridgehead atoms. The van der Waals surface area contributed by atoms with Crippen LogP contribution in [0.3, 0.4) is 0 Å². The summed E-state index contributed by atoms with van der Waals surface area (Å²) in [5.74, 6) is 0.920. The SMILES string of the molecule is CC(=O)Nc1ccc(-c2ccc(=O)n3c2[C@@H]2C[C@@H](CN(C(=O)C4CCCCC4)C2)C3)cc1. The van der Waals surface area contributed by atoms with Crippen molar-refractivity contribution in [3.8, 4) is 11.1 Å². The highest BCUT2D eigenvalue weighted by Gasteiger charge is 2.39. The van der Waals surface area contributed by atoms with Crippen molar-refractivity contribution in [2.45, 2.75) is 57.9 Å². The van der Waals surface area contributed by atoms with Crippen molar-refractivity contribution < 1.29 is 9.59 Å². The molecule has 1 saturated heterocycles. The minimum atomic E-state index is -0.0997. The van der Waals surface area contributed by atoms with Gasteiger partial charge in [0.2, 0.25) is 11.8 Å². The van der Waals surface area contributed by atoms with Gasteiger partial charge < -0.3 is 14.8 Å². The summed E-state index contributed by atoms with van der Waals surface area (Å²) in [5.41, 5.74) is 3.93. The minimum absolute atomic E-state index is 0.0420. The van der Waals surface area contributed by atoms with E-state index in [1.54, 1.807) is 6.07 Å². The molecule has 5 rings (SSSR count). The second kappa shape index (κ2) is 8.57. The number of carbonyl (C=O) groups is 2. The van der Waals surface area contributed by atoms with Gasteiger partial charge in [-0.05, 0) is 48.9 Å². The second-order valence-corrected chi connectivity index (χ2v) is 9.72. The van der Waals surface area contributed by atoms with E-state index >= 15 is 0 Å². The number of pyridine rings is 1. The third kappa shape index (κ3) is 3.98. The average Bonchev–Trinajstić information content (AvgIpc) is 2.80. The molecular formula is C26H31N3O3. The molecule has 3 heterocycles. The molecule has 1 aromatic heterocycles. The number of fused-ring (bicyclic) bond motifs is 4. The molecule has 0 unspecified atom stereocenters. The molecule has 2 aliphatic heterocycles. The Balaban J connectivity index is 1.46. The van der Waals surface area contributed by atoms with Gasteiger partial charge in [0, 0.05) is 61.4 Å². The Hall–Kier alpha value is -2.89. The predicted octanol–water partition coefficient (Wildman–Crippen LogP) is 4.00. The molecule has 1 aromatic carbocycles. The van der Waals surface area contributed by atoms with E-state index < -0.39 is 0 Å². The van der Waals surface area contributed by atoms with Gasteiger partial charge in [0.25, 0.3) is 5.56 Å². The number of amides is 2. The Morgan fingerprint density at radius 2 is 1.69 bits per heavy atom. The van der Waals surface area contributed by atoms with Crippen molar-refractivity contribution in [2.24, 2.45) is 11.8 Å². The Kier molecular flexibility index (Phi) is 5.62. The summed E-state index contributed by atoms with van der Waals surface area (Å²) in [7, 11) is 0. The summed E-state index contributed by atoms with van der Waals surface area (Å²) in [6.45, 7) is 3.64. The molecule has 3 aliphatic rings. The zero-order chi connectivity index (χ0) is 22.2. The van der Waals surface area contributed by atoms with Gasteiger partial charge in [0.1, 0.15) is 0 Å². The smallest absolute Gasteiger partial charge is 0.250 e. The van der Waals surface area contributed by atoms with Gasteiger partial charge in [-0.15, -0.1) is 0 Å². The minimum Gasteiger partial charge on any atom is -0.341 e. The summed E-state index contributed by atoms with van der Waals surface area (Å²) in [6, 6.07) is 11.3. The van der Waals surface area contributed by atoms with Crippen LogP contribution in [-0.2, 0) is 16.1 Å². The monoisotopic (exact) mass is 433 g/mol. The lowest BCUT2D eigenvalue weighted by Gasteiger charge is -2.44. The molecule has 2 atom stereocenters.